The molecule has 0 radical (unpaired) electrons. The summed E-state index contributed by atoms with van der Waals surface area (Å²) in [6, 6.07) is 1.36. The van der Waals surface area contributed by atoms with Gasteiger partial charge >= 0.3 is 11.9 Å². The highest BCUT2D eigenvalue weighted by atomic mass is 35.5. The number of hydrogen-bond donors (Lipinski definition) is 5. The minimum absolute atomic E-state index is 0.0499. The van der Waals surface area contributed by atoms with Crippen molar-refractivity contribution < 1.29 is 43.9 Å². The van der Waals surface area contributed by atoms with Crippen molar-refractivity contribution in [2.45, 2.75) is 30.0 Å². The van der Waals surface area contributed by atoms with Crippen LogP contribution in [-0.2, 0) is 25.5 Å². The van der Waals surface area contributed by atoms with Crippen molar-refractivity contribution >= 4 is 40.5 Å². The molecule has 3 aromatic rings. The van der Waals surface area contributed by atoms with Crippen molar-refractivity contribution in [2.24, 2.45) is 0 Å². The minimum Gasteiger partial charge on any atom is -0.479 e. The van der Waals surface area contributed by atoms with Crippen molar-refractivity contribution in [2.75, 3.05) is 19.5 Å². The van der Waals surface area contributed by atoms with Gasteiger partial charge in [0.05, 0.1) is 25.5 Å². The number of aromatic nitrogens is 4. The second kappa shape index (κ2) is 9.86. The summed E-state index contributed by atoms with van der Waals surface area (Å²) in [5, 5.41) is 41.3. The first-order valence-corrected chi connectivity index (χ1v) is 10.1. The van der Waals surface area contributed by atoms with E-state index in [0.29, 0.717) is 0 Å². The number of aliphatic carboxylic acids is 2. The van der Waals surface area contributed by atoms with Crippen LogP contribution in [0.5, 0.6) is 0 Å². The Morgan fingerprint density at radius 1 is 1.37 bits per heavy atom. The lowest BCUT2D eigenvalue weighted by molar-refractivity contribution is -0.202. The Morgan fingerprint density at radius 2 is 2.06 bits per heavy atom. The van der Waals surface area contributed by atoms with Crippen molar-refractivity contribution in [3.8, 4) is 12.3 Å². The number of anilines is 1. The molecule has 0 bridgehead atoms. The summed E-state index contributed by atoms with van der Waals surface area (Å²) in [5.74, 6) is -1.77. The fourth-order valence-electron chi connectivity index (χ4n) is 3.33. The first-order valence-electron chi connectivity index (χ1n) is 9.68. The number of fused-ring (bicyclic) bond motifs is 1. The van der Waals surface area contributed by atoms with E-state index >= 15 is 0 Å². The van der Waals surface area contributed by atoms with Crippen LogP contribution in [0.15, 0.2) is 29.3 Å². The van der Waals surface area contributed by atoms with Crippen molar-refractivity contribution in [3.63, 3.8) is 0 Å². The molecule has 0 aromatic carbocycles. The largest absolute Gasteiger partial charge is 0.479 e. The van der Waals surface area contributed by atoms with E-state index < -0.39 is 48.5 Å². The summed E-state index contributed by atoms with van der Waals surface area (Å²) in [5.41, 5.74) is 0.538. The number of rotatable bonds is 11. The number of aliphatic hydroxyl groups excluding tert-OH is 1. The van der Waals surface area contributed by atoms with Crippen LogP contribution in [0.1, 0.15) is 11.8 Å². The van der Waals surface area contributed by atoms with E-state index in [1.807, 2.05) is 5.92 Å². The Labute approximate surface area is 201 Å². The SMILES string of the molecule is C#C[C@@](O)([C@@H](COC(Cc1ccoc1)(C(=O)O)C(=O)O)OC)[C@@H](O)n1cnc2c(N)nc(Cl)nc21. The smallest absolute Gasteiger partial charge is 0.348 e. The lowest BCUT2D eigenvalue weighted by atomic mass is 9.93. The number of imidazole rings is 1. The Hall–Kier alpha value is -3.74. The molecule has 14 nitrogen and oxygen atoms in total. The van der Waals surface area contributed by atoms with Crippen molar-refractivity contribution in [1.82, 2.24) is 19.5 Å². The van der Waals surface area contributed by atoms with Gasteiger partial charge in [-0.05, 0) is 23.2 Å². The third kappa shape index (κ3) is 4.63. The van der Waals surface area contributed by atoms with Crippen LogP contribution < -0.4 is 5.73 Å². The predicted octanol–water partition coefficient (Wildman–Crippen LogP) is -0.308. The van der Waals surface area contributed by atoms with Gasteiger partial charge < -0.3 is 40.1 Å². The maximum Gasteiger partial charge on any atom is 0.348 e. The molecule has 3 atom stereocenters. The van der Waals surface area contributed by atoms with Gasteiger partial charge in [-0.3, -0.25) is 4.57 Å². The summed E-state index contributed by atoms with van der Waals surface area (Å²) < 4.78 is 16.3. The molecule has 0 saturated carbocycles. The second-order valence-electron chi connectivity index (χ2n) is 7.33. The van der Waals surface area contributed by atoms with Crippen molar-refractivity contribution in [3.05, 3.63) is 35.8 Å². The zero-order valence-corrected chi connectivity index (χ0v) is 18.8. The Kier molecular flexibility index (Phi) is 7.29. The van der Waals surface area contributed by atoms with Crippen LogP contribution >= 0.6 is 11.6 Å². The monoisotopic (exact) mass is 509 g/mol. The van der Waals surface area contributed by atoms with Gasteiger partial charge in [-0.2, -0.15) is 9.97 Å². The third-order valence-electron chi connectivity index (χ3n) is 5.29. The summed E-state index contributed by atoms with van der Waals surface area (Å²) >= 11 is 5.82. The highest BCUT2D eigenvalue weighted by Gasteiger charge is 2.52. The molecule has 0 aliphatic rings. The number of nitrogens with zero attached hydrogens (tertiary/aromatic N) is 4. The number of nitrogens with two attached hydrogens (primary N) is 1. The van der Waals surface area contributed by atoms with Gasteiger partial charge in [0.2, 0.25) is 5.28 Å². The molecule has 15 heteroatoms. The normalized spacial score (nSPS) is 15.3. The maximum atomic E-state index is 12.0. The fraction of sp³-hybridized carbons (Fsp3) is 0.350. The second-order valence-corrected chi connectivity index (χ2v) is 7.66. The molecule has 3 heterocycles. The fourth-order valence-corrected chi connectivity index (χ4v) is 3.50. The number of furan rings is 1. The average molecular weight is 510 g/mol. The lowest BCUT2D eigenvalue weighted by Crippen LogP contribution is -2.56. The number of ether oxygens (including phenoxy) is 2. The summed E-state index contributed by atoms with van der Waals surface area (Å²) in [4.78, 5) is 35.5. The molecule has 0 spiro atoms. The number of carboxylic acids is 2. The number of methoxy groups -OCH3 is 1. The number of aliphatic hydroxyl groups is 2. The molecule has 0 fully saturated rings. The molecule has 0 aliphatic heterocycles. The molecule has 6 N–H and O–H groups in total. The van der Waals surface area contributed by atoms with Crippen LogP contribution in [0.25, 0.3) is 11.2 Å². The lowest BCUT2D eigenvalue weighted by Gasteiger charge is -2.36. The first-order chi connectivity index (χ1) is 16.5. The number of hydrogen-bond acceptors (Lipinski definition) is 11. The Balaban J connectivity index is 1.95. The molecule has 3 aromatic heterocycles. The van der Waals surface area contributed by atoms with Gasteiger partial charge in [-0.15, -0.1) is 6.42 Å². The van der Waals surface area contributed by atoms with Crippen LogP contribution in [0.4, 0.5) is 5.82 Å². The number of nitrogen functional groups attached to an aromatic ring is 1. The van der Waals surface area contributed by atoms with Crippen LogP contribution in [0.2, 0.25) is 5.28 Å². The molecule has 0 amide bonds. The Morgan fingerprint density at radius 3 is 2.60 bits per heavy atom. The highest BCUT2D eigenvalue weighted by Crippen LogP contribution is 2.31. The molecule has 0 saturated heterocycles. The highest BCUT2D eigenvalue weighted by molar-refractivity contribution is 6.28. The van der Waals surface area contributed by atoms with E-state index in [9.17, 15) is 30.0 Å². The van der Waals surface area contributed by atoms with E-state index in [1.165, 1.54) is 12.3 Å². The number of halogens is 1. The van der Waals surface area contributed by atoms with E-state index in [-0.39, 0.29) is 27.8 Å². The zero-order valence-electron chi connectivity index (χ0n) is 18.0. The Bertz CT molecular complexity index is 1260. The summed E-state index contributed by atoms with van der Waals surface area (Å²) in [7, 11) is 1.09. The summed E-state index contributed by atoms with van der Waals surface area (Å²) in [6.45, 7) is -0.866. The zero-order chi connectivity index (χ0) is 26.0. The standard InChI is InChI=1S/C20H20ClN5O9/c1-3-19(32,15(27)26-9-23-12-13(22)24-18(21)25-14(12)26)11(33-2)8-35-20(16(28)29,17(30)31)6-10-4-5-34-7-10/h1,4-5,7,9,11,15,27,32H,6,8H2,2H3,(H,28,29)(H,30,31)(H2,22,24,25)/t11-,15-,19-/m1/s1. The quantitative estimate of drug-likeness (QED) is 0.127. The van der Waals surface area contributed by atoms with Gasteiger partial charge in [-0.1, -0.05) is 5.92 Å². The van der Waals surface area contributed by atoms with Gasteiger partial charge in [-0.25, -0.2) is 14.6 Å². The number of carbonyl (C=O) groups is 2. The topological polar surface area (TPSA) is 216 Å². The molecular weight excluding hydrogens is 490 g/mol. The van der Waals surface area contributed by atoms with Gasteiger partial charge in [0, 0.05) is 13.5 Å². The molecule has 186 valence electrons. The molecule has 35 heavy (non-hydrogen) atoms. The minimum atomic E-state index is -2.79. The van der Waals surface area contributed by atoms with E-state index in [1.54, 1.807) is 0 Å². The molecule has 0 unspecified atom stereocenters. The van der Waals surface area contributed by atoms with Crippen LogP contribution in [-0.4, -0.2) is 82.9 Å². The molecular formula is C20H20ClN5O9. The first kappa shape index (κ1) is 25.9. The van der Waals surface area contributed by atoms with Crippen LogP contribution in [0.3, 0.4) is 0 Å². The van der Waals surface area contributed by atoms with Gasteiger partial charge in [0.25, 0.3) is 5.60 Å². The third-order valence-corrected chi connectivity index (χ3v) is 5.46. The number of terminal acetylenes is 1. The molecule has 3 rings (SSSR count). The summed E-state index contributed by atoms with van der Waals surface area (Å²) in [6.07, 6.45) is 4.68. The van der Waals surface area contributed by atoms with E-state index in [2.05, 4.69) is 15.0 Å². The van der Waals surface area contributed by atoms with E-state index in [0.717, 1.165) is 24.3 Å². The van der Waals surface area contributed by atoms with E-state index in [4.69, 9.17) is 37.6 Å². The predicted molar refractivity (Wildman–Crippen MR) is 117 cm³/mol. The average Bonchev–Trinajstić information content (AvgIpc) is 3.47. The van der Waals surface area contributed by atoms with Crippen molar-refractivity contribution in [1.29, 1.82) is 0 Å². The maximum absolute atomic E-state index is 12.0. The molecule has 0 aliphatic carbocycles. The van der Waals surface area contributed by atoms with Crippen LogP contribution in [0, 0.1) is 12.3 Å². The van der Waals surface area contributed by atoms with Gasteiger partial charge in [0.1, 0.15) is 11.6 Å². The van der Waals surface area contributed by atoms with Gasteiger partial charge in [0.15, 0.2) is 23.3 Å². The number of carboxylic acid groups (broad SMARTS) is 2.